The van der Waals surface area contributed by atoms with Crippen molar-refractivity contribution in [1.29, 1.82) is 0 Å². The molecule has 1 aliphatic rings. The molecule has 106 valence electrons. The lowest BCUT2D eigenvalue weighted by Gasteiger charge is -2.27. The fourth-order valence-corrected chi connectivity index (χ4v) is 2.72. The number of ether oxygens (including phenoxy) is 2. The third kappa shape index (κ3) is 3.19. The van der Waals surface area contributed by atoms with Gasteiger partial charge >= 0.3 is 0 Å². The number of hydrogen-bond acceptors (Lipinski definition) is 4. The van der Waals surface area contributed by atoms with E-state index in [4.69, 9.17) is 15.2 Å². The molecule has 1 unspecified atom stereocenters. The number of benzene rings is 1. The summed E-state index contributed by atoms with van der Waals surface area (Å²) < 4.78 is 11.0. The molecule has 4 nitrogen and oxygen atoms in total. The minimum absolute atomic E-state index is 0.285. The highest BCUT2D eigenvalue weighted by molar-refractivity contribution is 5.44. The van der Waals surface area contributed by atoms with Crippen LogP contribution in [0.5, 0.6) is 11.5 Å². The van der Waals surface area contributed by atoms with E-state index in [1.807, 2.05) is 13.0 Å². The van der Waals surface area contributed by atoms with Crippen LogP contribution in [0.1, 0.15) is 31.4 Å². The molecule has 19 heavy (non-hydrogen) atoms. The summed E-state index contributed by atoms with van der Waals surface area (Å²) >= 11 is 0. The summed E-state index contributed by atoms with van der Waals surface area (Å²) in [5.41, 5.74) is 7.18. The summed E-state index contributed by atoms with van der Waals surface area (Å²) in [6, 6.07) is 6.42. The number of rotatable bonds is 6. The lowest BCUT2D eigenvalue weighted by molar-refractivity contribution is 0.249. The van der Waals surface area contributed by atoms with Crippen molar-refractivity contribution in [3.63, 3.8) is 0 Å². The van der Waals surface area contributed by atoms with Crippen molar-refractivity contribution in [2.75, 3.05) is 33.4 Å². The third-order valence-corrected chi connectivity index (χ3v) is 3.68. The minimum atomic E-state index is 0.285. The van der Waals surface area contributed by atoms with Gasteiger partial charge in [0, 0.05) is 12.6 Å². The molecule has 1 aromatic carbocycles. The highest BCUT2D eigenvalue weighted by Crippen LogP contribution is 2.33. The van der Waals surface area contributed by atoms with E-state index in [1.54, 1.807) is 7.11 Å². The minimum Gasteiger partial charge on any atom is -0.493 e. The lowest BCUT2D eigenvalue weighted by Crippen LogP contribution is -2.31. The first-order valence-corrected chi connectivity index (χ1v) is 7.05. The van der Waals surface area contributed by atoms with Crippen molar-refractivity contribution < 1.29 is 9.47 Å². The van der Waals surface area contributed by atoms with Crippen molar-refractivity contribution in [1.82, 2.24) is 4.90 Å². The van der Waals surface area contributed by atoms with Crippen molar-refractivity contribution in [2.24, 2.45) is 5.73 Å². The molecule has 0 aliphatic carbocycles. The van der Waals surface area contributed by atoms with E-state index in [-0.39, 0.29) is 6.04 Å². The van der Waals surface area contributed by atoms with Gasteiger partial charge in [-0.05, 0) is 50.6 Å². The number of methoxy groups -OCH3 is 1. The molecule has 1 aliphatic heterocycles. The van der Waals surface area contributed by atoms with Gasteiger partial charge in [0.15, 0.2) is 11.5 Å². The van der Waals surface area contributed by atoms with Gasteiger partial charge in [-0.3, -0.25) is 4.90 Å². The average Bonchev–Trinajstić information content (AvgIpc) is 2.94. The van der Waals surface area contributed by atoms with Crippen molar-refractivity contribution in [2.45, 2.75) is 25.8 Å². The summed E-state index contributed by atoms with van der Waals surface area (Å²) in [5, 5.41) is 0. The SMILES string of the molecule is CCOc1cc(C(CN)N2CCCC2)ccc1OC. The van der Waals surface area contributed by atoms with Gasteiger partial charge in [0.05, 0.1) is 13.7 Å². The molecule has 1 fully saturated rings. The Bertz CT molecular complexity index is 403. The summed E-state index contributed by atoms with van der Waals surface area (Å²) in [6.07, 6.45) is 2.54. The first-order chi connectivity index (χ1) is 9.30. The van der Waals surface area contributed by atoms with Gasteiger partial charge < -0.3 is 15.2 Å². The molecule has 2 rings (SSSR count). The fraction of sp³-hybridized carbons (Fsp3) is 0.600. The zero-order valence-corrected chi connectivity index (χ0v) is 11.9. The zero-order chi connectivity index (χ0) is 13.7. The van der Waals surface area contributed by atoms with Gasteiger partial charge in [0.2, 0.25) is 0 Å². The van der Waals surface area contributed by atoms with Crippen LogP contribution in [0.25, 0.3) is 0 Å². The lowest BCUT2D eigenvalue weighted by atomic mass is 10.0. The van der Waals surface area contributed by atoms with E-state index in [1.165, 1.54) is 18.4 Å². The van der Waals surface area contributed by atoms with Gasteiger partial charge in [-0.15, -0.1) is 0 Å². The molecule has 0 bridgehead atoms. The first kappa shape index (κ1) is 14.2. The quantitative estimate of drug-likeness (QED) is 0.855. The summed E-state index contributed by atoms with van der Waals surface area (Å²) in [5.74, 6) is 1.59. The van der Waals surface area contributed by atoms with Crippen molar-refractivity contribution >= 4 is 0 Å². The van der Waals surface area contributed by atoms with Crippen LogP contribution in [0.3, 0.4) is 0 Å². The Kier molecular flexibility index (Phi) is 5.05. The van der Waals surface area contributed by atoms with E-state index in [0.29, 0.717) is 13.2 Å². The molecule has 0 aromatic heterocycles. The second kappa shape index (κ2) is 6.78. The molecule has 1 heterocycles. The normalized spacial score (nSPS) is 17.4. The summed E-state index contributed by atoms with van der Waals surface area (Å²) in [7, 11) is 1.67. The van der Waals surface area contributed by atoms with Crippen LogP contribution in [-0.2, 0) is 0 Å². The predicted molar refractivity (Wildman–Crippen MR) is 76.8 cm³/mol. The molecule has 0 amide bonds. The Morgan fingerprint density at radius 1 is 1.26 bits per heavy atom. The van der Waals surface area contributed by atoms with Gasteiger partial charge in [-0.2, -0.15) is 0 Å². The zero-order valence-electron chi connectivity index (χ0n) is 11.9. The number of likely N-dealkylation sites (tertiary alicyclic amines) is 1. The molecular formula is C15H24N2O2. The van der Waals surface area contributed by atoms with Crippen LogP contribution >= 0.6 is 0 Å². The molecule has 1 aromatic rings. The molecule has 0 spiro atoms. The monoisotopic (exact) mass is 264 g/mol. The van der Waals surface area contributed by atoms with E-state index in [2.05, 4.69) is 17.0 Å². The highest BCUT2D eigenvalue weighted by atomic mass is 16.5. The van der Waals surface area contributed by atoms with Crippen molar-refractivity contribution in [3.05, 3.63) is 23.8 Å². The van der Waals surface area contributed by atoms with Crippen LogP contribution in [0.15, 0.2) is 18.2 Å². The van der Waals surface area contributed by atoms with Crippen LogP contribution in [0, 0.1) is 0 Å². The van der Waals surface area contributed by atoms with E-state index >= 15 is 0 Å². The van der Waals surface area contributed by atoms with Crippen LogP contribution < -0.4 is 15.2 Å². The summed E-state index contributed by atoms with van der Waals surface area (Å²) in [4.78, 5) is 2.46. The maximum atomic E-state index is 5.97. The largest absolute Gasteiger partial charge is 0.493 e. The van der Waals surface area contributed by atoms with Gasteiger partial charge in [-0.1, -0.05) is 6.07 Å². The molecule has 2 N–H and O–H groups in total. The molecule has 0 radical (unpaired) electrons. The number of nitrogens with zero attached hydrogens (tertiary/aromatic N) is 1. The van der Waals surface area contributed by atoms with Gasteiger partial charge in [0.1, 0.15) is 0 Å². The van der Waals surface area contributed by atoms with Crippen LogP contribution in [0.4, 0.5) is 0 Å². The Labute approximate surface area is 115 Å². The second-order valence-electron chi connectivity index (χ2n) is 4.84. The first-order valence-electron chi connectivity index (χ1n) is 7.05. The van der Waals surface area contributed by atoms with E-state index in [9.17, 15) is 0 Å². The topological polar surface area (TPSA) is 47.7 Å². The summed E-state index contributed by atoms with van der Waals surface area (Å²) in [6.45, 7) is 5.53. The van der Waals surface area contributed by atoms with Gasteiger partial charge in [0.25, 0.3) is 0 Å². The number of nitrogens with two attached hydrogens (primary N) is 1. The molecule has 1 saturated heterocycles. The predicted octanol–water partition coefficient (Wildman–Crippen LogP) is 2.19. The second-order valence-corrected chi connectivity index (χ2v) is 4.84. The third-order valence-electron chi connectivity index (χ3n) is 3.68. The van der Waals surface area contributed by atoms with Gasteiger partial charge in [-0.25, -0.2) is 0 Å². The van der Waals surface area contributed by atoms with E-state index < -0.39 is 0 Å². The molecular weight excluding hydrogens is 240 g/mol. The van der Waals surface area contributed by atoms with Crippen molar-refractivity contribution in [3.8, 4) is 11.5 Å². The smallest absolute Gasteiger partial charge is 0.161 e. The Hall–Kier alpha value is -1.26. The highest BCUT2D eigenvalue weighted by Gasteiger charge is 2.23. The fourth-order valence-electron chi connectivity index (χ4n) is 2.72. The Morgan fingerprint density at radius 2 is 2.00 bits per heavy atom. The van der Waals surface area contributed by atoms with Crippen LogP contribution in [-0.4, -0.2) is 38.3 Å². The Balaban J connectivity index is 2.24. The average molecular weight is 264 g/mol. The molecule has 0 saturated carbocycles. The standard InChI is InChI=1S/C15H24N2O2/c1-3-19-15-10-12(6-7-14(15)18-2)13(11-16)17-8-4-5-9-17/h6-7,10,13H,3-5,8-9,11,16H2,1-2H3. The molecule has 4 heteroatoms. The number of hydrogen-bond donors (Lipinski definition) is 1. The Morgan fingerprint density at radius 3 is 2.58 bits per heavy atom. The maximum absolute atomic E-state index is 5.97. The van der Waals surface area contributed by atoms with E-state index in [0.717, 1.165) is 24.6 Å². The maximum Gasteiger partial charge on any atom is 0.161 e. The molecule has 1 atom stereocenters. The van der Waals surface area contributed by atoms with Crippen LogP contribution in [0.2, 0.25) is 0 Å².